The Kier molecular flexibility index (Phi) is 2.45. The van der Waals surface area contributed by atoms with Crippen molar-refractivity contribution in [1.29, 1.82) is 0 Å². The molecule has 1 heteroatoms. The maximum atomic E-state index is 12.3. The van der Waals surface area contributed by atoms with Crippen LogP contribution in [-0.2, 0) is 4.79 Å². The molecule has 16 heavy (non-hydrogen) atoms. The van der Waals surface area contributed by atoms with E-state index >= 15 is 0 Å². The third kappa shape index (κ3) is 1.40. The number of hydrogen-bond donors (Lipinski definition) is 0. The van der Waals surface area contributed by atoms with Gasteiger partial charge in [-0.15, -0.1) is 0 Å². The van der Waals surface area contributed by atoms with E-state index in [1.807, 2.05) is 0 Å². The zero-order valence-electron chi connectivity index (χ0n) is 10.2. The van der Waals surface area contributed by atoms with E-state index in [-0.39, 0.29) is 5.41 Å². The number of rotatable bonds is 0. The summed E-state index contributed by atoms with van der Waals surface area (Å²) < 4.78 is 0. The van der Waals surface area contributed by atoms with Crippen molar-refractivity contribution < 1.29 is 4.79 Å². The van der Waals surface area contributed by atoms with Gasteiger partial charge in [-0.2, -0.15) is 0 Å². The van der Waals surface area contributed by atoms with Gasteiger partial charge in [-0.3, -0.25) is 4.79 Å². The monoisotopic (exact) mass is 218 g/mol. The molecule has 3 aliphatic rings. The molecule has 3 aliphatic carbocycles. The minimum Gasteiger partial charge on any atom is -0.299 e. The van der Waals surface area contributed by atoms with Crippen LogP contribution >= 0.6 is 0 Å². The van der Waals surface area contributed by atoms with Crippen LogP contribution < -0.4 is 0 Å². The Morgan fingerprint density at radius 1 is 1.25 bits per heavy atom. The molecule has 0 N–H and O–H groups in total. The number of allylic oxidation sites excluding steroid dienone is 2. The molecule has 0 aromatic carbocycles. The summed E-state index contributed by atoms with van der Waals surface area (Å²) in [5.74, 6) is 2.40. The van der Waals surface area contributed by atoms with Gasteiger partial charge in [0, 0.05) is 12.3 Å². The third-order valence-electron chi connectivity index (χ3n) is 5.41. The number of fused-ring (bicyclic) bond motifs is 3. The molecule has 0 amide bonds. The standard InChI is InChI=1S/C15H22O/c1-15-9-5-4-8-13(15)14(16)10-11-6-2-3-7-12(11)15/h5,9,11-13H,2-4,6-8,10H2,1H3/t11-,12+,13+,15-/m1/s1. The molecular formula is C15H22O. The minimum atomic E-state index is 0.207. The Bertz CT molecular complexity index is 330. The van der Waals surface area contributed by atoms with Gasteiger partial charge in [0.05, 0.1) is 0 Å². The van der Waals surface area contributed by atoms with Crippen LogP contribution in [0.2, 0.25) is 0 Å². The van der Waals surface area contributed by atoms with Crippen LogP contribution in [0.4, 0.5) is 0 Å². The van der Waals surface area contributed by atoms with Crippen molar-refractivity contribution in [3.63, 3.8) is 0 Å². The Hall–Kier alpha value is -0.590. The van der Waals surface area contributed by atoms with Crippen molar-refractivity contribution in [1.82, 2.24) is 0 Å². The molecule has 0 saturated heterocycles. The van der Waals surface area contributed by atoms with Gasteiger partial charge in [0.2, 0.25) is 0 Å². The maximum Gasteiger partial charge on any atom is 0.137 e. The molecule has 88 valence electrons. The molecule has 0 aromatic heterocycles. The van der Waals surface area contributed by atoms with E-state index in [0.29, 0.717) is 17.6 Å². The average molecular weight is 218 g/mol. The lowest BCUT2D eigenvalue weighted by molar-refractivity contribution is -0.136. The second-order valence-corrected chi connectivity index (χ2v) is 6.22. The Morgan fingerprint density at radius 2 is 2.06 bits per heavy atom. The minimum absolute atomic E-state index is 0.207. The first-order valence-electron chi connectivity index (χ1n) is 6.92. The molecule has 0 heterocycles. The second kappa shape index (κ2) is 3.72. The van der Waals surface area contributed by atoms with Crippen LogP contribution in [0.1, 0.15) is 51.9 Å². The van der Waals surface area contributed by atoms with Crippen LogP contribution in [0.5, 0.6) is 0 Å². The number of ketones is 1. The van der Waals surface area contributed by atoms with E-state index in [0.717, 1.165) is 25.2 Å². The maximum absolute atomic E-state index is 12.3. The molecule has 0 bridgehead atoms. The zero-order chi connectivity index (χ0) is 11.2. The lowest BCUT2D eigenvalue weighted by atomic mass is 9.51. The molecule has 1 nitrogen and oxygen atoms in total. The number of carbonyl (C=O) groups excluding carboxylic acids is 1. The van der Waals surface area contributed by atoms with Crippen molar-refractivity contribution in [3.8, 4) is 0 Å². The molecule has 4 atom stereocenters. The van der Waals surface area contributed by atoms with Gasteiger partial charge in [0.15, 0.2) is 0 Å². The molecule has 0 aliphatic heterocycles. The molecule has 0 unspecified atom stereocenters. The Morgan fingerprint density at radius 3 is 2.94 bits per heavy atom. The van der Waals surface area contributed by atoms with Gasteiger partial charge in [-0.05, 0) is 42.9 Å². The van der Waals surface area contributed by atoms with E-state index in [9.17, 15) is 4.79 Å². The van der Waals surface area contributed by atoms with Gasteiger partial charge in [0.25, 0.3) is 0 Å². The molecule has 3 rings (SSSR count). The van der Waals surface area contributed by atoms with E-state index in [4.69, 9.17) is 0 Å². The summed E-state index contributed by atoms with van der Waals surface area (Å²) in [6.07, 6.45) is 13.2. The first kappa shape index (κ1) is 10.6. The fraction of sp³-hybridized carbons (Fsp3) is 0.800. The van der Waals surface area contributed by atoms with Gasteiger partial charge in [-0.25, -0.2) is 0 Å². The summed E-state index contributed by atoms with van der Waals surface area (Å²) in [6.45, 7) is 2.35. The van der Waals surface area contributed by atoms with E-state index in [1.54, 1.807) is 0 Å². The van der Waals surface area contributed by atoms with E-state index in [1.165, 1.54) is 25.7 Å². The molecule has 2 saturated carbocycles. The largest absolute Gasteiger partial charge is 0.299 e. The van der Waals surface area contributed by atoms with Crippen LogP contribution in [0, 0.1) is 23.2 Å². The Balaban J connectivity index is 1.97. The van der Waals surface area contributed by atoms with Crippen molar-refractivity contribution in [2.75, 3.05) is 0 Å². The van der Waals surface area contributed by atoms with Crippen molar-refractivity contribution in [2.45, 2.75) is 51.9 Å². The fourth-order valence-electron chi connectivity index (χ4n) is 4.59. The summed E-state index contributed by atoms with van der Waals surface area (Å²) in [5.41, 5.74) is 0.207. The molecule has 0 radical (unpaired) electrons. The lowest BCUT2D eigenvalue weighted by Gasteiger charge is -2.52. The van der Waals surface area contributed by atoms with Crippen LogP contribution in [-0.4, -0.2) is 5.78 Å². The zero-order valence-corrected chi connectivity index (χ0v) is 10.2. The quantitative estimate of drug-likeness (QED) is 0.566. The number of hydrogen-bond acceptors (Lipinski definition) is 1. The molecule has 0 spiro atoms. The van der Waals surface area contributed by atoms with Gasteiger partial charge < -0.3 is 0 Å². The third-order valence-corrected chi connectivity index (χ3v) is 5.41. The molecule has 0 aromatic rings. The van der Waals surface area contributed by atoms with Gasteiger partial charge in [0.1, 0.15) is 5.78 Å². The van der Waals surface area contributed by atoms with E-state index < -0.39 is 0 Å². The normalized spacial score (nSPS) is 47.3. The Labute approximate surface area is 98.3 Å². The highest BCUT2D eigenvalue weighted by Crippen LogP contribution is 2.55. The number of Topliss-reactive ketones (excluding diaryl/α,β-unsaturated/α-hetero) is 1. The van der Waals surface area contributed by atoms with Crippen molar-refractivity contribution in [3.05, 3.63) is 12.2 Å². The van der Waals surface area contributed by atoms with E-state index in [2.05, 4.69) is 19.1 Å². The summed E-state index contributed by atoms with van der Waals surface area (Å²) in [7, 11) is 0. The van der Waals surface area contributed by atoms with Crippen molar-refractivity contribution in [2.24, 2.45) is 23.2 Å². The van der Waals surface area contributed by atoms with Crippen LogP contribution in [0.15, 0.2) is 12.2 Å². The predicted molar refractivity (Wildman–Crippen MR) is 65.0 cm³/mol. The highest BCUT2D eigenvalue weighted by Gasteiger charge is 2.51. The fourth-order valence-corrected chi connectivity index (χ4v) is 4.59. The summed E-state index contributed by atoms with van der Waals surface area (Å²) in [6, 6.07) is 0. The lowest BCUT2D eigenvalue weighted by Crippen LogP contribution is -2.49. The molecular weight excluding hydrogens is 196 g/mol. The van der Waals surface area contributed by atoms with Gasteiger partial charge >= 0.3 is 0 Å². The molecule has 2 fully saturated rings. The highest BCUT2D eigenvalue weighted by atomic mass is 16.1. The topological polar surface area (TPSA) is 17.1 Å². The summed E-state index contributed by atoms with van der Waals surface area (Å²) >= 11 is 0. The van der Waals surface area contributed by atoms with Crippen LogP contribution in [0.3, 0.4) is 0 Å². The van der Waals surface area contributed by atoms with Crippen LogP contribution in [0.25, 0.3) is 0 Å². The van der Waals surface area contributed by atoms with Crippen molar-refractivity contribution >= 4 is 5.78 Å². The first-order valence-corrected chi connectivity index (χ1v) is 6.92. The SMILES string of the molecule is C[C@]12C=CCC[C@H]1C(=O)C[C@H]1CCCC[C@@H]12. The van der Waals surface area contributed by atoms with Gasteiger partial charge in [-0.1, -0.05) is 31.9 Å². The average Bonchev–Trinajstić information content (AvgIpc) is 2.29. The summed E-state index contributed by atoms with van der Waals surface area (Å²) in [5, 5.41) is 0. The summed E-state index contributed by atoms with van der Waals surface area (Å²) in [4.78, 5) is 12.3. The first-order chi connectivity index (χ1) is 7.72. The predicted octanol–water partition coefficient (Wildman–Crippen LogP) is 3.74. The second-order valence-electron chi connectivity index (χ2n) is 6.22. The highest BCUT2D eigenvalue weighted by molar-refractivity contribution is 5.83. The smallest absolute Gasteiger partial charge is 0.137 e. The number of carbonyl (C=O) groups is 1.